The fraction of sp³-hybridized carbons (Fsp3) is 0.556. The number of carbonyl (C=O) groups excluding carboxylic acids is 1. The third-order valence-electron chi connectivity index (χ3n) is 2.03. The van der Waals surface area contributed by atoms with Gasteiger partial charge in [0.1, 0.15) is 0 Å². The van der Waals surface area contributed by atoms with Gasteiger partial charge < -0.3 is 5.11 Å². The molecular formula is C9H13NO2. The summed E-state index contributed by atoms with van der Waals surface area (Å²) < 4.78 is 0. The highest BCUT2D eigenvalue weighted by atomic mass is 16.3. The minimum Gasteiger partial charge on any atom is -0.503 e. The maximum absolute atomic E-state index is 11.4. The summed E-state index contributed by atoms with van der Waals surface area (Å²) in [5.41, 5.74) is 0.414. The van der Waals surface area contributed by atoms with Crippen LogP contribution in [0.2, 0.25) is 0 Å². The highest BCUT2D eigenvalue weighted by Crippen LogP contribution is 2.20. The van der Waals surface area contributed by atoms with Gasteiger partial charge in [-0.25, -0.2) is 0 Å². The molecular weight excluding hydrogens is 154 g/mol. The van der Waals surface area contributed by atoms with Crippen molar-refractivity contribution in [1.82, 2.24) is 0 Å². The molecule has 12 heavy (non-hydrogen) atoms. The number of Topliss-reactive ketones (excluding diaryl/α,β-unsaturated/α-hetero) is 1. The van der Waals surface area contributed by atoms with E-state index in [1.54, 1.807) is 13.1 Å². The predicted molar refractivity (Wildman–Crippen MR) is 47.2 cm³/mol. The molecule has 3 heteroatoms. The number of hydrogen-bond donors (Lipinski definition) is 1. The van der Waals surface area contributed by atoms with E-state index >= 15 is 0 Å². The van der Waals surface area contributed by atoms with Gasteiger partial charge >= 0.3 is 0 Å². The van der Waals surface area contributed by atoms with Crippen LogP contribution in [0, 0.1) is 11.8 Å². The molecule has 1 aliphatic rings. The zero-order valence-electron chi connectivity index (χ0n) is 7.53. The van der Waals surface area contributed by atoms with Crippen LogP contribution in [-0.2, 0) is 4.79 Å². The molecule has 0 fully saturated rings. The molecule has 0 bridgehead atoms. The molecule has 66 valence electrons. The Morgan fingerprint density at radius 2 is 2.17 bits per heavy atom. The molecule has 1 N–H and O–H groups in total. The summed E-state index contributed by atoms with van der Waals surface area (Å²) in [4.78, 5) is 15.3. The first-order valence-corrected chi connectivity index (χ1v) is 4.02. The van der Waals surface area contributed by atoms with Gasteiger partial charge in [0, 0.05) is 6.21 Å². The Kier molecular flexibility index (Phi) is 2.31. The maximum atomic E-state index is 11.4. The lowest BCUT2D eigenvalue weighted by atomic mass is 9.90. The van der Waals surface area contributed by atoms with Crippen LogP contribution in [0.15, 0.2) is 16.4 Å². The minimum atomic E-state index is -0.256. The second kappa shape index (κ2) is 3.09. The molecule has 1 unspecified atom stereocenters. The minimum absolute atomic E-state index is 0.184. The Labute approximate surface area is 71.8 Å². The molecule has 0 radical (unpaired) electrons. The van der Waals surface area contributed by atoms with E-state index in [1.165, 1.54) is 0 Å². The average Bonchev–Trinajstić information content (AvgIpc) is 2.00. The normalized spacial score (nSPS) is 24.0. The van der Waals surface area contributed by atoms with Gasteiger partial charge in [0.05, 0.1) is 11.6 Å². The van der Waals surface area contributed by atoms with Crippen LogP contribution < -0.4 is 0 Å². The van der Waals surface area contributed by atoms with E-state index in [9.17, 15) is 9.90 Å². The van der Waals surface area contributed by atoms with Crippen molar-refractivity contribution < 1.29 is 9.90 Å². The van der Waals surface area contributed by atoms with E-state index in [0.717, 1.165) is 0 Å². The molecule has 0 aliphatic carbocycles. The van der Waals surface area contributed by atoms with E-state index in [4.69, 9.17) is 0 Å². The number of ketones is 1. The second-order valence-corrected chi connectivity index (χ2v) is 3.35. The van der Waals surface area contributed by atoms with E-state index in [2.05, 4.69) is 4.99 Å². The lowest BCUT2D eigenvalue weighted by Gasteiger charge is -2.18. The molecule has 0 amide bonds. The number of aliphatic hydroxyl groups is 1. The summed E-state index contributed by atoms with van der Waals surface area (Å²) >= 11 is 0. The van der Waals surface area contributed by atoms with E-state index in [1.807, 2.05) is 13.8 Å². The van der Waals surface area contributed by atoms with Crippen LogP contribution >= 0.6 is 0 Å². The van der Waals surface area contributed by atoms with Crippen molar-refractivity contribution in [3.63, 3.8) is 0 Å². The van der Waals surface area contributed by atoms with Crippen molar-refractivity contribution in [2.24, 2.45) is 16.8 Å². The van der Waals surface area contributed by atoms with Crippen molar-refractivity contribution >= 4 is 12.0 Å². The Balaban J connectivity index is 2.93. The number of allylic oxidation sites excluding steroid dienone is 2. The summed E-state index contributed by atoms with van der Waals surface area (Å²) in [5, 5.41) is 9.28. The number of hydrogen-bond acceptors (Lipinski definition) is 3. The standard InChI is InChI=1S/C9H13NO2/c1-5(2)7-4-10-6(3)8(11)9(7)12/h4-5,7,11H,1-3H3. The molecule has 0 spiro atoms. The highest BCUT2D eigenvalue weighted by molar-refractivity contribution is 6.06. The van der Waals surface area contributed by atoms with Crippen molar-refractivity contribution in [3.05, 3.63) is 11.5 Å². The van der Waals surface area contributed by atoms with Crippen molar-refractivity contribution in [2.75, 3.05) is 0 Å². The molecule has 1 rings (SSSR count). The molecule has 3 nitrogen and oxygen atoms in total. The fourth-order valence-electron chi connectivity index (χ4n) is 1.13. The number of aliphatic hydroxyl groups excluding tert-OH is 1. The molecule has 0 aromatic rings. The topological polar surface area (TPSA) is 49.7 Å². The first kappa shape index (κ1) is 8.97. The molecule has 0 saturated carbocycles. The maximum Gasteiger partial charge on any atom is 0.207 e. The summed E-state index contributed by atoms with van der Waals surface area (Å²) in [6.07, 6.45) is 1.61. The third-order valence-corrected chi connectivity index (χ3v) is 2.03. The summed E-state index contributed by atoms with van der Waals surface area (Å²) in [6.45, 7) is 5.49. The fourth-order valence-corrected chi connectivity index (χ4v) is 1.13. The molecule has 1 atom stereocenters. The number of rotatable bonds is 1. The predicted octanol–water partition coefficient (Wildman–Crippen LogP) is 1.70. The highest BCUT2D eigenvalue weighted by Gasteiger charge is 2.27. The average molecular weight is 167 g/mol. The Bertz CT molecular complexity index is 264. The van der Waals surface area contributed by atoms with Gasteiger partial charge in [0.25, 0.3) is 0 Å². The number of carbonyl (C=O) groups is 1. The largest absolute Gasteiger partial charge is 0.503 e. The van der Waals surface area contributed by atoms with E-state index in [0.29, 0.717) is 5.70 Å². The van der Waals surface area contributed by atoms with Gasteiger partial charge in [-0.15, -0.1) is 0 Å². The van der Waals surface area contributed by atoms with Crippen molar-refractivity contribution in [1.29, 1.82) is 0 Å². The Hall–Kier alpha value is -1.12. The van der Waals surface area contributed by atoms with Crippen LogP contribution in [0.1, 0.15) is 20.8 Å². The van der Waals surface area contributed by atoms with Gasteiger partial charge in [-0.05, 0) is 12.8 Å². The zero-order valence-corrected chi connectivity index (χ0v) is 7.53. The molecule has 1 aliphatic heterocycles. The van der Waals surface area contributed by atoms with Crippen LogP contribution in [-0.4, -0.2) is 17.1 Å². The lowest BCUT2D eigenvalue weighted by Crippen LogP contribution is -2.26. The summed E-state index contributed by atoms with van der Waals surface area (Å²) in [6, 6.07) is 0. The first-order chi connectivity index (χ1) is 5.54. The zero-order chi connectivity index (χ0) is 9.30. The second-order valence-electron chi connectivity index (χ2n) is 3.35. The molecule has 0 aromatic heterocycles. The molecule has 0 saturated heterocycles. The van der Waals surface area contributed by atoms with E-state index < -0.39 is 0 Å². The summed E-state index contributed by atoms with van der Waals surface area (Å²) in [7, 11) is 0. The summed E-state index contributed by atoms with van der Waals surface area (Å²) in [5.74, 6) is -0.459. The SMILES string of the molecule is CC1=C(O)C(=O)C(C(C)C)C=N1. The van der Waals surface area contributed by atoms with Gasteiger partial charge in [-0.1, -0.05) is 13.8 Å². The third kappa shape index (κ3) is 1.40. The monoisotopic (exact) mass is 167 g/mol. The van der Waals surface area contributed by atoms with Crippen LogP contribution in [0.25, 0.3) is 0 Å². The van der Waals surface area contributed by atoms with Crippen molar-refractivity contribution in [3.8, 4) is 0 Å². The van der Waals surface area contributed by atoms with Crippen LogP contribution in [0.4, 0.5) is 0 Å². The molecule has 0 aromatic carbocycles. The van der Waals surface area contributed by atoms with Gasteiger partial charge in [0.15, 0.2) is 5.76 Å². The van der Waals surface area contributed by atoms with Gasteiger partial charge in [-0.3, -0.25) is 9.79 Å². The lowest BCUT2D eigenvalue weighted by molar-refractivity contribution is -0.120. The quantitative estimate of drug-likeness (QED) is 0.646. The number of nitrogens with zero attached hydrogens (tertiary/aromatic N) is 1. The molecule has 1 heterocycles. The van der Waals surface area contributed by atoms with E-state index in [-0.39, 0.29) is 23.4 Å². The Morgan fingerprint density at radius 1 is 1.58 bits per heavy atom. The van der Waals surface area contributed by atoms with Crippen molar-refractivity contribution in [2.45, 2.75) is 20.8 Å². The number of aliphatic imine (C=N–C) groups is 1. The first-order valence-electron chi connectivity index (χ1n) is 4.02. The van der Waals surface area contributed by atoms with Crippen LogP contribution in [0.5, 0.6) is 0 Å². The van der Waals surface area contributed by atoms with Gasteiger partial charge in [0.2, 0.25) is 5.78 Å². The smallest absolute Gasteiger partial charge is 0.207 e. The Morgan fingerprint density at radius 3 is 2.67 bits per heavy atom. The van der Waals surface area contributed by atoms with Crippen LogP contribution in [0.3, 0.4) is 0 Å². The van der Waals surface area contributed by atoms with Gasteiger partial charge in [-0.2, -0.15) is 0 Å².